The third-order valence-electron chi connectivity index (χ3n) is 2.73. The molecule has 0 spiro atoms. The van der Waals surface area contributed by atoms with Gasteiger partial charge in [-0.15, -0.1) is 6.42 Å². The van der Waals surface area contributed by atoms with Gasteiger partial charge in [0.2, 0.25) is 0 Å². The Morgan fingerprint density at radius 2 is 1.93 bits per heavy atom. The smallest absolute Gasteiger partial charge is 0.0378 e. The molecular formula is C13H15N. The normalized spacial score (nSPS) is 16.4. The van der Waals surface area contributed by atoms with Crippen molar-refractivity contribution in [3.05, 3.63) is 29.8 Å². The highest BCUT2D eigenvalue weighted by Gasteiger charge is 2.10. The van der Waals surface area contributed by atoms with Gasteiger partial charge in [0.05, 0.1) is 0 Å². The Kier molecular flexibility index (Phi) is 2.74. The van der Waals surface area contributed by atoms with Crippen LogP contribution in [0.1, 0.15) is 24.8 Å². The summed E-state index contributed by atoms with van der Waals surface area (Å²) in [6, 6.07) is 8.27. The molecule has 1 heterocycles. The van der Waals surface area contributed by atoms with Gasteiger partial charge in [-0.3, -0.25) is 0 Å². The third-order valence-corrected chi connectivity index (χ3v) is 2.73. The van der Waals surface area contributed by atoms with Crippen LogP contribution < -0.4 is 4.90 Å². The molecule has 1 aliphatic rings. The number of terminal acetylenes is 1. The second-order valence-electron chi connectivity index (χ2n) is 3.74. The van der Waals surface area contributed by atoms with E-state index in [1.165, 1.54) is 38.0 Å². The standard InChI is InChI=1S/C13H15N/c1-2-12-7-6-8-13(11-12)14-9-4-3-5-10-14/h1,6-8,11H,3-5,9-10H2. The lowest BCUT2D eigenvalue weighted by atomic mass is 10.1. The Morgan fingerprint density at radius 1 is 1.14 bits per heavy atom. The highest BCUT2D eigenvalue weighted by molar-refractivity contribution is 5.52. The van der Waals surface area contributed by atoms with Gasteiger partial charge in [0.15, 0.2) is 0 Å². The predicted octanol–water partition coefficient (Wildman–Crippen LogP) is 2.66. The lowest BCUT2D eigenvalue weighted by molar-refractivity contribution is 0.578. The first kappa shape index (κ1) is 9.15. The van der Waals surface area contributed by atoms with Crippen LogP contribution in [0.3, 0.4) is 0 Å². The van der Waals surface area contributed by atoms with Crippen molar-refractivity contribution < 1.29 is 0 Å². The van der Waals surface area contributed by atoms with Gasteiger partial charge in [0, 0.05) is 24.3 Å². The van der Waals surface area contributed by atoms with E-state index in [2.05, 4.69) is 23.0 Å². The number of nitrogens with zero attached hydrogens (tertiary/aromatic N) is 1. The van der Waals surface area contributed by atoms with Crippen molar-refractivity contribution in [2.45, 2.75) is 19.3 Å². The Hall–Kier alpha value is -1.42. The van der Waals surface area contributed by atoms with Crippen molar-refractivity contribution in [2.24, 2.45) is 0 Å². The van der Waals surface area contributed by atoms with E-state index in [1.54, 1.807) is 0 Å². The first-order valence-electron chi connectivity index (χ1n) is 5.22. The summed E-state index contributed by atoms with van der Waals surface area (Å²) < 4.78 is 0. The van der Waals surface area contributed by atoms with Crippen molar-refractivity contribution in [1.82, 2.24) is 0 Å². The van der Waals surface area contributed by atoms with E-state index >= 15 is 0 Å². The van der Waals surface area contributed by atoms with Crippen molar-refractivity contribution >= 4 is 5.69 Å². The van der Waals surface area contributed by atoms with Crippen LogP contribution in [0.4, 0.5) is 5.69 Å². The molecule has 0 unspecified atom stereocenters. The quantitative estimate of drug-likeness (QED) is 0.608. The van der Waals surface area contributed by atoms with Crippen molar-refractivity contribution in [3.63, 3.8) is 0 Å². The van der Waals surface area contributed by atoms with E-state index in [-0.39, 0.29) is 0 Å². The van der Waals surface area contributed by atoms with E-state index in [9.17, 15) is 0 Å². The minimum absolute atomic E-state index is 0.980. The molecule has 1 saturated heterocycles. The molecule has 0 saturated carbocycles. The fourth-order valence-corrected chi connectivity index (χ4v) is 1.94. The van der Waals surface area contributed by atoms with Gasteiger partial charge >= 0.3 is 0 Å². The summed E-state index contributed by atoms with van der Waals surface area (Å²) in [5, 5.41) is 0. The lowest BCUT2D eigenvalue weighted by Crippen LogP contribution is -2.29. The molecule has 1 fully saturated rings. The number of benzene rings is 1. The largest absolute Gasteiger partial charge is 0.372 e. The van der Waals surface area contributed by atoms with E-state index in [0.29, 0.717) is 0 Å². The minimum atomic E-state index is 0.980. The van der Waals surface area contributed by atoms with Gasteiger partial charge < -0.3 is 4.90 Å². The van der Waals surface area contributed by atoms with Crippen LogP contribution in [0.15, 0.2) is 24.3 Å². The van der Waals surface area contributed by atoms with Gasteiger partial charge in [-0.2, -0.15) is 0 Å². The number of piperidine rings is 1. The maximum absolute atomic E-state index is 5.38. The number of hydrogen-bond acceptors (Lipinski definition) is 1. The van der Waals surface area contributed by atoms with E-state index < -0.39 is 0 Å². The van der Waals surface area contributed by atoms with Crippen LogP contribution in [0.2, 0.25) is 0 Å². The van der Waals surface area contributed by atoms with Gasteiger partial charge in [-0.25, -0.2) is 0 Å². The maximum Gasteiger partial charge on any atom is 0.0378 e. The van der Waals surface area contributed by atoms with Gasteiger partial charge in [-0.1, -0.05) is 12.0 Å². The first-order chi connectivity index (χ1) is 6.90. The highest BCUT2D eigenvalue weighted by Crippen LogP contribution is 2.20. The van der Waals surface area contributed by atoms with Crippen LogP contribution in [0.5, 0.6) is 0 Å². The number of rotatable bonds is 1. The van der Waals surface area contributed by atoms with E-state index in [1.807, 2.05) is 12.1 Å². The van der Waals surface area contributed by atoms with E-state index in [4.69, 9.17) is 6.42 Å². The Bertz CT molecular complexity index is 342. The van der Waals surface area contributed by atoms with Crippen LogP contribution >= 0.6 is 0 Å². The average molecular weight is 185 g/mol. The third kappa shape index (κ3) is 1.90. The number of hydrogen-bond donors (Lipinski definition) is 0. The zero-order valence-electron chi connectivity index (χ0n) is 8.37. The monoisotopic (exact) mass is 185 g/mol. The molecule has 1 heteroatoms. The molecule has 1 aromatic rings. The molecule has 72 valence electrons. The lowest BCUT2D eigenvalue weighted by Gasteiger charge is -2.28. The molecule has 14 heavy (non-hydrogen) atoms. The Morgan fingerprint density at radius 3 is 2.64 bits per heavy atom. The molecule has 1 aliphatic heterocycles. The van der Waals surface area contributed by atoms with Gasteiger partial charge in [0.25, 0.3) is 0 Å². The highest BCUT2D eigenvalue weighted by atomic mass is 15.1. The van der Waals surface area contributed by atoms with Gasteiger partial charge in [0.1, 0.15) is 0 Å². The van der Waals surface area contributed by atoms with E-state index in [0.717, 1.165) is 5.56 Å². The summed E-state index contributed by atoms with van der Waals surface area (Å²) in [7, 11) is 0. The first-order valence-corrected chi connectivity index (χ1v) is 5.22. The fraction of sp³-hybridized carbons (Fsp3) is 0.385. The average Bonchev–Trinajstić information content (AvgIpc) is 2.30. The molecule has 0 bridgehead atoms. The molecule has 0 amide bonds. The second-order valence-corrected chi connectivity index (χ2v) is 3.74. The summed E-state index contributed by atoms with van der Waals surface area (Å²) in [5.74, 6) is 2.68. The molecule has 0 aromatic heterocycles. The topological polar surface area (TPSA) is 3.24 Å². The summed E-state index contributed by atoms with van der Waals surface area (Å²) in [6.45, 7) is 2.35. The van der Waals surface area contributed by atoms with Crippen molar-refractivity contribution in [1.29, 1.82) is 0 Å². The molecule has 0 aliphatic carbocycles. The van der Waals surface area contributed by atoms with Crippen molar-refractivity contribution in [2.75, 3.05) is 18.0 Å². The zero-order valence-corrected chi connectivity index (χ0v) is 8.37. The van der Waals surface area contributed by atoms with Crippen LogP contribution in [-0.4, -0.2) is 13.1 Å². The second kappa shape index (κ2) is 4.19. The SMILES string of the molecule is C#Cc1cccc(N2CCCCC2)c1. The van der Waals surface area contributed by atoms with Crippen LogP contribution in [0.25, 0.3) is 0 Å². The Labute approximate surface area is 85.7 Å². The van der Waals surface area contributed by atoms with Gasteiger partial charge in [-0.05, 0) is 37.5 Å². The minimum Gasteiger partial charge on any atom is -0.372 e. The molecule has 1 aromatic carbocycles. The summed E-state index contributed by atoms with van der Waals surface area (Å²) in [5.41, 5.74) is 2.26. The molecule has 0 atom stereocenters. The molecule has 0 N–H and O–H groups in total. The maximum atomic E-state index is 5.38. The summed E-state index contributed by atoms with van der Waals surface area (Å²) in [4.78, 5) is 2.42. The molecule has 1 nitrogen and oxygen atoms in total. The van der Waals surface area contributed by atoms with Crippen LogP contribution in [0, 0.1) is 12.3 Å². The molecule has 2 rings (SSSR count). The Balaban J connectivity index is 2.18. The summed E-state index contributed by atoms with van der Waals surface area (Å²) in [6.07, 6.45) is 9.36. The zero-order chi connectivity index (χ0) is 9.80. The fourth-order valence-electron chi connectivity index (χ4n) is 1.94. The summed E-state index contributed by atoms with van der Waals surface area (Å²) >= 11 is 0. The molecule has 0 radical (unpaired) electrons. The predicted molar refractivity (Wildman–Crippen MR) is 60.4 cm³/mol. The number of anilines is 1. The van der Waals surface area contributed by atoms with Crippen LogP contribution in [-0.2, 0) is 0 Å². The molecular weight excluding hydrogens is 170 g/mol. The van der Waals surface area contributed by atoms with Crippen molar-refractivity contribution in [3.8, 4) is 12.3 Å².